The molecule has 1 fully saturated rings. The van der Waals surface area contributed by atoms with Gasteiger partial charge in [0.2, 0.25) is 0 Å². The van der Waals surface area contributed by atoms with E-state index in [0.717, 1.165) is 6.54 Å². The number of fused-ring (bicyclic) bond motifs is 1. The molecule has 1 N–H and O–H groups in total. The number of hydrogen-bond acceptors (Lipinski definition) is 5. The molecule has 0 saturated carbocycles. The summed E-state index contributed by atoms with van der Waals surface area (Å²) < 4.78 is 5.13. The minimum absolute atomic E-state index is 0.945. The second-order valence-corrected chi connectivity index (χ2v) is 17.0. The summed E-state index contributed by atoms with van der Waals surface area (Å²) >= 11 is 4.25. The predicted molar refractivity (Wildman–Crippen MR) is 108 cm³/mol. The van der Waals surface area contributed by atoms with E-state index in [9.17, 15) is 0 Å². The Morgan fingerprint density at radius 2 is 1.65 bits per heavy atom. The average molecular weight is 363 g/mol. The van der Waals surface area contributed by atoms with Gasteiger partial charge in [0.15, 0.2) is 0 Å². The molecule has 2 heterocycles. The molecule has 3 nitrogen and oxygen atoms in total. The number of benzene rings is 2. The van der Waals surface area contributed by atoms with Gasteiger partial charge in [0, 0.05) is 0 Å². The van der Waals surface area contributed by atoms with Crippen LogP contribution in [0.2, 0.25) is 0 Å². The van der Waals surface area contributed by atoms with Crippen molar-refractivity contribution < 1.29 is 0 Å². The van der Waals surface area contributed by atoms with Crippen LogP contribution in [0.3, 0.4) is 0 Å². The fraction of sp³-hybridized carbons (Fsp3) is 0.294. The van der Waals surface area contributed by atoms with Crippen molar-refractivity contribution in [3.8, 4) is 0 Å². The summed E-state index contributed by atoms with van der Waals surface area (Å²) in [6, 6.07) is 19.6. The molecule has 4 rings (SSSR count). The van der Waals surface area contributed by atoms with Crippen molar-refractivity contribution in [1.82, 2.24) is 4.67 Å². The molecule has 2 aromatic rings. The van der Waals surface area contributed by atoms with Gasteiger partial charge in [-0.05, 0) is 0 Å². The molecule has 0 unspecified atom stereocenters. The van der Waals surface area contributed by atoms with Gasteiger partial charge in [-0.25, -0.2) is 0 Å². The third-order valence-corrected chi connectivity index (χ3v) is 19.2. The maximum atomic E-state index is 4.00. The number of nitrogens with one attached hydrogen (secondary N) is 1. The third-order valence-electron chi connectivity index (χ3n) is 4.53. The summed E-state index contributed by atoms with van der Waals surface area (Å²) in [5.41, 5.74) is 1.52. The van der Waals surface area contributed by atoms with Crippen LogP contribution in [0, 0.1) is 0 Å². The Labute approximate surface area is 146 Å². The zero-order valence-corrected chi connectivity index (χ0v) is 16.0. The van der Waals surface area contributed by atoms with E-state index in [4.69, 9.17) is 0 Å². The maximum absolute atomic E-state index is 4.00. The van der Waals surface area contributed by atoms with Crippen LogP contribution >= 0.6 is 28.2 Å². The van der Waals surface area contributed by atoms with Crippen molar-refractivity contribution in [2.45, 2.75) is 6.54 Å². The number of rotatable bonds is 3. The molecule has 2 aliphatic rings. The van der Waals surface area contributed by atoms with E-state index in [1.54, 1.807) is 0 Å². The number of para-hydroxylation sites is 2. The second-order valence-electron chi connectivity index (χ2n) is 6.06. The molecule has 122 valence electrons. The molecule has 2 aliphatic heterocycles. The number of hydrogen-bond donors (Lipinski definition) is 1. The van der Waals surface area contributed by atoms with Crippen LogP contribution in [-0.2, 0) is 6.54 Å². The summed E-state index contributed by atoms with van der Waals surface area (Å²) in [5, 5.41) is 4.00. The topological polar surface area (TPSA) is 18.5 Å². The van der Waals surface area contributed by atoms with Crippen molar-refractivity contribution in [1.29, 1.82) is 0 Å². The average Bonchev–Trinajstić information content (AvgIpc) is 3.12. The van der Waals surface area contributed by atoms with Gasteiger partial charge < -0.3 is 0 Å². The molecule has 23 heavy (non-hydrogen) atoms. The monoisotopic (exact) mass is 363 g/mol. The molecular weight excluding hydrogens is 341 g/mol. The van der Waals surface area contributed by atoms with Crippen LogP contribution in [0.25, 0.3) is 0 Å². The molecule has 0 bridgehead atoms. The molecule has 1 spiro atoms. The van der Waals surface area contributed by atoms with E-state index in [1.165, 1.54) is 28.4 Å². The van der Waals surface area contributed by atoms with Gasteiger partial charge in [-0.3, -0.25) is 0 Å². The molecular formula is C17H22N3PS2. The first-order valence-corrected chi connectivity index (χ1v) is 13.2. The molecule has 0 radical (unpaired) electrons. The molecule has 2 aromatic carbocycles. The van der Waals surface area contributed by atoms with E-state index < -0.39 is 5.46 Å². The van der Waals surface area contributed by atoms with Crippen LogP contribution in [-0.4, -0.2) is 30.3 Å². The molecule has 0 amide bonds. The second kappa shape index (κ2) is 5.59. The molecule has 0 atom stereocenters. The van der Waals surface area contributed by atoms with Crippen molar-refractivity contribution in [3.05, 3.63) is 60.2 Å². The van der Waals surface area contributed by atoms with Gasteiger partial charge >= 0.3 is 146 Å². The standard InChI is InChI=1S/C17H22N3PS2/c1-19(2)21(22-12-13-23-21)18-16-10-6-7-11-17(16)20(21)14-15-8-4-3-5-9-15/h3-11,18H,12-14H2,1-2H3. The molecule has 0 aromatic heterocycles. The normalized spacial score (nSPS) is 22.6. The Bertz CT molecular complexity index is 717. The van der Waals surface area contributed by atoms with Crippen molar-refractivity contribution >= 4 is 39.6 Å². The Hall–Kier alpha value is -0.870. The third kappa shape index (κ3) is 2.21. The Balaban J connectivity index is 1.86. The van der Waals surface area contributed by atoms with Crippen molar-refractivity contribution in [2.75, 3.05) is 35.4 Å². The SMILES string of the molecule is CN(C)P12(Nc3ccccc3N1Cc1ccccc1)SCCS2. The quantitative estimate of drug-likeness (QED) is 0.745. The predicted octanol–water partition coefficient (Wildman–Crippen LogP) is 5.29. The van der Waals surface area contributed by atoms with Crippen LogP contribution < -0.4 is 9.76 Å². The summed E-state index contributed by atoms with van der Waals surface area (Å²) in [5.74, 6) is 2.40. The Morgan fingerprint density at radius 3 is 2.35 bits per heavy atom. The summed E-state index contributed by atoms with van der Waals surface area (Å²) in [6.07, 6.45) is 0. The molecule has 6 heteroatoms. The van der Waals surface area contributed by atoms with Gasteiger partial charge in [0.1, 0.15) is 0 Å². The Morgan fingerprint density at radius 1 is 1.00 bits per heavy atom. The zero-order valence-electron chi connectivity index (χ0n) is 13.5. The van der Waals surface area contributed by atoms with Gasteiger partial charge in [0.05, 0.1) is 0 Å². The molecule has 0 aliphatic carbocycles. The Kier molecular flexibility index (Phi) is 3.80. The van der Waals surface area contributed by atoms with Gasteiger partial charge in [-0.15, -0.1) is 0 Å². The zero-order chi connectivity index (χ0) is 15.9. The van der Waals surface area contributed by atoms with Crippen LogP contribution in [0.5, 0.6) is 0 Å². The van der Waals surface area contributed by atoms with Crippen LogP contribution in [0.15, 0.2) is 54.6 Å². The summed E-state index contributed by atoms with van der Waals surface area (Å²) in [6.45, 7) is 0.945. The van der Waals surface area contributed by atoms with Gasteiger partial charge in [-0.1, -0.05) is 0 Å². The number of nitrogens with zero attached hydrogens (tertiary/aromatic N) is 2. The molecule has 1 saturated heterocycles. The first-order valence-electron chi connectivity index (χ1n) is 7.84. The van der Waals surface area contributed by atoms with Crippen LogP contribution in [0.4, 0.5) is 11.4 Å². The summed E-state index contributed by atoms with van der Waals surface area (Å²) in [7, 11) is 4.47. The van der Waals surface area contributed by atoms with E-state index in [-0.39, 0.29) is 0 Å². The van der Waals surface area contributed by atoms with Crippen molar-refractivity contribution in [3.63, 3.8) is 0 Å². The fourth-order valence-corrected chi connectivity index (χ4v) is 17.6. The van der Waals surface area contributed by atoms with Crippen LogP contribution in [0.1, 0.15) is 5.56 Å². The van der Waals surface area contributed by atoms with Gasteiger partial charge in [0.25, 0.3) is 0 Å². The van der Waals surface area contributed by atoms with E-state index in [0.29, 0.717) is 0 Å². The number of anilines is 2. The van der Waals surface area contributed by atoms with E-state index >= 15 is 0 Å². The van der Waals surface area contributed by atoms with Gasteiger partial charge in [-0.2, -0.15) is 0 Å². The first kappa shape index (κ1) is 15.6. The first-order chi connectivity index (χ1) is 11.1. The van der Waals surface area contributed by atoms with Crippen molar-refractivity contribution in [2.24, 2.45) is 0 Å². The van der Waals surface area contributed by atoms with E-state index in [1.807, 2.05) is 0 Å². The minimum atomic E-state index is -2.46. The fourth-order valence-electron chi connectivity index (χ4n) is 3.41. The van der Waals surface area contributed by atoms with E-state index in [2.05, 4.69) is 106 Å². The summed E-state index contributed by atoms with van der Waals surface area (Å²) in [4.78, 5) is 0.